The summed E-state index contributed by atoms with van der Waals surface area (Å²) < 4.78 is 53.4. The maximum atomic E-state index is 13.1. The van der Waals surface area contributed by atoms with Gasteiger partial charge in [0.2, 0.25) is 0 Å². The maximum absolute atomic E-state index is 13.1. The van der Waals surface area contributed by atoms with Crippen molar-refractivity contribution in [1.82, 2.24) is 9.62 Å². The Morgan fingerprint density at radius 3 is 2.11 bits per heavy atom. The van der Waals surface area contributed by atoms with Gasteiger partial charge in [-0.2, -0.15) is 0 Å². The Bertz CT molecular complexity index is 2320. The van der Waals surface area contributed by atoms with Gasteiger partial charge in [0.15, 0.2) is 9.84 Å². The number of sulfonamides is 1. The molecule has 1 heterocycles. The van der Waals surface area contributed by atoms with Crippen molar-refractivity contribution >= 4 is 54.4 Å². The van der Waals surface area contributed by atoms with Crippen molar-refractivity contribution < 1.29 is 26.6 Å². The predicted molar refractivity (Wildman–Crippen MR) is 206 cm³/mol. The molecule has 0 bridgehead atoms. The van der Waals surface area contributed by atoms with Gasteiger partial charge in [-0.3, -0.25) is 19.8 Å². The summed E-state index contributed by atoms with van der Waals surface area (Å²) in [6.07, 6.45) is 0. The number of nitrogens with one attached hydrogen (secondary N) is 2. The molecular weight excluding hydrogens is 738 g/mol. The van der Waals surface area contributed by atoms with Crippen LogP contribution in [0.5, 0.6) is 0 Å². The summed E-state index contributed by atoms with van der Waals surface area (Å²) in [6.45, 7) is 3.80. The number of nitro benzene ring substituents is 1. The van der Waals surface area contributed by atoms with E-state index in [1.54, 1.807) is 30.3 Å². The minimum atomic E-state index is -4.50. The van der Waals surface area contributed by atoms with Crippen LogP contribution in [0.25, 0.3) is 11.1 Å². The van der Waals surface area contributed by atoms with Crippen molar-refractivity contribution in [3.63, 3.8) is 0 Å². The lowest BCUT2D eigenvalue weighted by Crippen LogP contribution is -2.46. The lowest BCUT2D eigenvalue weighted by atomic mass is 9.99. The predicted octanol–water partition coefficient (Wildman–Crippen LogP) is 6.24. The average Bonchev–Trinajstić information content (AvgIpc) is 3.16. The summed E-state index contributed by atoms with van der Waals surface area (Å²) in [4.78, 5) is 28.2. The fraction of sp³-hybridized carbons (Fsp3) is 0.184. The number of nitro groups is 1. The van der Waals surface area contributed by atoms with Crippen LogP contribution in [0.15, 0.2) is 131 Å². The molecule has 1 aliphatic heterocycles. The molecule has 2 N–H and O–H groups in total. The first kappa shape index (κ1) is 37.5. The molecule has 15 heteroatoms. The van der Waals surface area contributed by atoms with E-state index in [1.807, 2.05) is 41.1 Å². The lowest BCUT2D eigenvalue weighted by molar-refractivity contribution is -0.384. The third-order valence-corrected chi connectivity index (χ3v) is 12.2. The van der Waals surface area contributed by atoms with Crippen LogP contribution in [-0.2, 0) is 26.4 Å². The van der Waals surface area contributed by atoms with Crippen molar-refractivity contribution in [3.8, 4) is 11.1 Å². The second kappa shape index (κ2) is 16.2. The molecule has 0 unspecified atom stereocenters. The van der Waals surface area contributed by atoms with Gasteiger partial charge >= 0.3 is 0 Å². The first-order valence-corrected chi connectivity index (χ1v) is 20.2. The number of rotatable bonds is 13. The molecule has 1 saturated heterocycles. The minimum absolute atomic E-state index is 0.0669. The van der Waals surface area contributed by atoms with Crippen molar-refractivity contribution in [2.75, 3.05) is 48.7 Å². The SMILES string of the molecule is O=C(NS(=O)(=O)c1ccc(NCCS(=O)(=O)c2ccccc2)c([N+](=O)[O-])c1)c1ccc(N2CCN(Cc3ccccc3-c3ccc(Cl)cc3)CC2)cc1. The maximum Gasteiger partial charge on any atom is 0.293 e. The van der Waals surface area contributed by atoms with Crippen LogP contribution in [0.2, 0.25) is 5.02 Å². The third-order valence-electron chi connectivity index (χ3n) is 8.93. The Hall–Kier alpha value is -5.28. The Morgan fingerprint density at radius 1 is 0.774 bits per heavy atom. The summed E-state index contributed by atoms with van der Waals surface area (Å²) in [7, 11) is -8.15. The molecule has 5 aromatic carbocycles. The van der Waals surface area contributed by atoms with Gasteiger partial charge in [-0.15, -0.1) is 0 Å². The zero-order valence-electron chi connectivity index (χ0n) is 28.4. The van der Waals surface area contributed by atoms with E-state index in [-0.39, 0.29) is 28.4 Å². The van der Waals surface area contributed by atoms with Crippen LogP contribution < -0.4 is 14.9 Å². The molecule has 53 heavy (non-hydrogen) atoms. The van der Waals surface area contributed by atoms with E-state index in [2.05, 4.69) is 27.2 Å². The van der Waals surface area contributed by atoms with Crippen molar-refractivity contribution in [2.45, 2.75) is 16.3 Å². The van der Waals surface area contributed by atoms with Gasteiger partial charge in [0.25, 0.3) is 21.6 Å². The lowest BCUT2D eigenvalue weighted by Gasteiger charge is -2.36. The van der Waals surface area contributed by atoms with Crippen molar-refractivity contribution in [3.05, 3.63) is 148 Å². The summed E-state index contributed by atoms with van der Waals surface area (Å²) >= 11 is 6.09. The third kappa shape index (κ3) is 9.21. The molecule has 0 atom stereocenters. The number of hydrogen-bond donors (Lipinski definition) is 2. The summed E-state index contributed by atoms with van der Waals surface area (Å²) in [5.41, 5.74) is 3.83. The van der Waals surface area contributed by atoms with Gasteiger partial charge in [0.05, 0.1) is 20.5 Å². The molecule has 0 saturated carbocycles. The van der Waals surface area contributed by atoms with Crippen molar-refractivity contribution in [2.24, 2.45) is 0 Å². The summed E-state index contributed by atoms with van der Waals surface area (Å²) in [5, 5.41) is 15.2. The standard InChI is InChI=1S/C38H36ClN5O7S2/c39-31-14-10-28(11-15-31)35-9-5-4-6-30(35)27-42-21-23-43(24-22-42)32-16-12-29(13-17-32)38(45)41-53(50,51)34-18-19-36(37(26-34)44(46)47)40-20-25-52(48,49)33-7-2-1-3-8-33/h1-19,26,40H,20-25,27H2,(H,41,45). The molecule has 1 aliphatic rings. The van der Waals surface area contributed by atoms with Crippen molar-refractivity contribution in [1.29, 1.82) is 0 Å². The van der Waals surface area contributed by atoms with E-state index >= 15 is 0 Å². The molecule has 6 rings (SSSR count). The van der Waals surface area contributed by atoms with E-state index in [4.69, 9.17) is 11.6 Å². The van der Waals surface area contributed by atoms with E-state index in [9.17, 15) is 31.7 Å². The first-order valence-electron chi connectivity index (χ1n) is 16.7. The Labute approximate surface area is 313 Å². The van der Waals surface area contributed by atoms with Gasteiger partial charge in [-0.1, -0.05) is 66.2 Å². The smallest absolute Gasteiger partial charge is 0.293 e. The Morgan fingerprint density at radius 2 is 1.43 bits per heavy atom. The zero-order valence-corrected chi connectivity index (χ0v) is 30.8. The van der Waals surface area contributed by atoms with Crippen LogP contribution in [-0.4, -0.2) is 71.0 Å². The van der Waals surface area contributed by atoms with E-state index in [1.165, 1.54) is 41.5 Å². The Kier molecular flexibility index (Phi) is 11.4. The normalized spacial score (nSPS) is 13.7. The van der Waals surface area contributed by atoms with E-state index in [0.717, 1.165) is 56.1 Å². The molecule has 0 radical (unpaired) electrons. The number of halogens is 1. The summed E-state index contributed by atoms with van der Waals surface area (Å²) in [5.74, 6) is -1.24. The number of sulfone groups is 1. The highest BCUT2D eigenvalue weighted by atomic mass is 35.5. The van der Waals surface area contributed by atoms with E-state index < -0.39 is 41.3 Å². The summed E-state index contributed by atoms with van der Waals surface area (Å²) in [6, 6.07) is 33.6. The first-order chi connectivity index (χ1) is 25.4. The van der Waals surface area contributed by atoms with Crippen LogP contribution in [0, 0.1) is 10.1 Å². The van der Waals surface area contributed by atoms with E-state index in [0.29, 0.717) is 5.02 Å². The second-order valence-electron chi connectivity index (χ2n) is 12.4. The van der Waals surface area contributed by atoms with Gasteiger partial charge in [-0.25, -0.2) is 21.6 Å². The van der Waals surface area contributed by atoms with Gasteiger partial charge in [0.1, 0.15) is 5.69 Å². The van der Waals surface area contributed by atoms with Crippen LogP contribution in [0.1, 0.15) is 15.9 Å². The largest absolute Gasteiger partial charge is 0.378 e. The molecule has 0 aliphatic carbocycles. The number of carbonyl (C=O) groups is 1. The molecule has 0 aromatic heterocycles. The number of nitrogens with zero attached hydrogens (tertiary/aromatic N) is 3. The number of anilines is 2. The molecule has 274 valence electrons. The van der Waals surface area contributed by atoms with Crippen LogP contribution >= 0.6 is 11.6 Å². The number of amides is 1. The highest BCUT2D eigenvalue weighted by molar-refractivity contribution is 7.91. The highest BCUT2D eigenvalue weighted by Crippen LogP contribution is 2.29. The van der Waals surface area contributed by atoms with Gasteiger partial charge < -0.3 is 10.2 Å². The van der Waals surface area contributed by atoms with Gasteiger partial charge in [-0.05, 0) is 77.4 Å². The zero-order chi connectivity index (χ0) is 37.6. The molecule has 5 aromatic rings. The van der Waals surface area contributed by atoms with Crippen LogP contribution in [0.4, 0.5) is 17.1 Å². The molecule has 1 amide bonds. The number of benzene rings is 5. The molecule has 12 nitrogen and oxygen atoms in total. The minimum Gasteiger partial charge on any atom is -0.378 e. The van der Waals surface area contributed by atoms with Crippen LogP contribution in [0.3, 0.4) is 0 Å². The average molecular weight is 774 g/mol. The molecular formula is C38H36ClN5O7S2. The Balaban J connectivity index is 1.04. The monoisotopic (exact) mass is 773 g/mol. The number of carbonyl (C=O) groups excluding carboxylic acids is 1. The highest BCUT2D eigenvalue weighted by Gasteiger charge is 2.25. The second-order valence-corrected chi connectivity index (χ2v) is 16.6. The fourth-order valence-electron chi connectivity index (χ4n) is 6.08. The molecule has 1 fully saturated rings. The number of piperazine rings is 1. The molecule has 0 spiro atoms. The fourth-order valence-corrected chi connectivity index (χ4v) is 8.38. The van der Waals surface area contributed by atoms with Gasteiger partial charge in [0, 0.05) is 61.6 Å². The quantitative estimate of drug-likeness (QED) is 0.104. The topological polar surface area (TPSA) is 159 Å². The number of hydrogen-bond acceptors (Lipinski definition) is 10.